The molecule has 1 atom stereocenters. The van der Waals surface area contributed by atoms with Gasteiger partial charge in [0, 0.05) is 25.2 Å². The number of likely N-dealkylation sites (N-methyl/N-ethyl adjacent to an activating group) is 1. The summed E-state index contributed by atoms with van der Waals surface area (Å²) in [6.07, 6.45) is 2.96. The molecule has 2 heterocycles. The summed E-state index contributed by atoms with van der Waals surface area (Å²) in [5.74, 6) is 0.939. The topological polar surface area (TPSA) is 23.6 Å². The molecule has 19 heavy (non-hydrogen) atoms. The van der Waals surface area contributed by atoms with Crippen LogP contribution in [0.15, 0.2) is 24.3 Å². The predicted molar refractivity (Wildman–Crippen MR) is 77.5 cm³/mol. The van der Waals surface area contributed by atoms with Crippen LogP contribution < -0.4 is 4.90 Å². The van der Waals surface area contributed by atoms with E-state index in [0.717, 1.165) is 25.2 Å². The minimum atomic E-state index is 0.269. The van der Waals surface area contributed by atoms with E-state index < -0.39 is 0 Å². The van der Waals surface area contributed by atoms with Crippen LogP contribution in [0.3, 0.4) is 0 Å². The van der Waals surface area contributed by atoms with Gasteiger partial charge >= 0.3 is 0 Å². The minimum absolute atomic E-state index is 0.269. The third-order valence-electron chi connectivity index (χ3n) is 4.47. The Morgan fingerprint density at radius 3 is 2.58 bits per heavy atom. The fourth-order valence-corrected chi connectivity index (χ4v) is 3.24. The van der Waals surface area contributed by atoms with Crippen LogP contribution in [0.1, 0.15) is 37.7 Å². The van der Waals surface area contributed by atoms with E-state index in [0.29, 0.717) is 12.3 Å². The molecule has 0 aromatic heterocycles. The van der Waals surface area contributed by atoms with E-state index in [1.54, 1.807) is 0 Å². The van der Waals surface area contributed by atoms with Crippen molar-refractivity contribution in [3.63, 3.8) is 0 Å². The molecule has 102 valence electrons. The molecule has 3 heteroatoms. The molecular formula is C16H22N2O. The largest absolute Gasteiger partial charge is 0.312 e. The third kappa shape index (κ3) is 2.52. The summed E-state index contributed by atoms with van der Waals surface area (Å²) in [6.45, 7) is 6.65. The molecule has 2 aliphatic heterocycles. The van der Waals surface area contributed by atoms with Crippen LogP contribution in [-0.2, 0) is 4.79 Å². The molecule has 0 N–H and O–H groups in total. The highest BCUT2D eigenvalue weighted by molar-refractivity contribution is 5.95. The van der Waals surface area contributed by atoms with Crippen LogP contribution in [0.2, 0.25) is 0 Å². The number of rotatable bonds is 3. The van der Waals surface area contributed by atoms with Gasteiger partial charge < -0.3 is 9.80 Å². The van der Waals surface area contributed by atoms with Gasteiger partial charge in [-0.25, -0.2) is 0 Å². The molecule has 2 fully saturated rings. The molecular weight excluding hydrogens is 236 g/mol. The second-order valence-corrected chi connectivity index (χ2v) is 5.62. The summed E-state index contributed by atoms with van der Waals surface area (Å²) in [7, 11) is 0. The van der Waals surface area contributed by atoms with E-state index in [-0.39, 0.29) is 5.91 Å². The van der Waals surface area contributed by atoms with Crippen molar-refractivity contribution in [3.05, 3.63) is 29.8 Å². The maximum Gasteiger partial charge on any atom is 0.227 e. The van der Waals surface area contributed by atoms with Gasteiger partial charge in [0.25, 0.3) is 0 Å². The first kappa shape index (κ1) is 12.7. The number of hydrogen-bond acceptors (Lipinski definition) is 2. The smallest absolute Gasteiger partial charge is 0.227 e. The number of benzene rings is 1. The van der Waals surface area contributed by atoms with Gasteiger partial charge in [0.1, 0.15) is 0 Å². The molecule has 0 radical (unpaired) electrons. The lowest BCUT2D eigenvalue weighted by atomic mass is 9.98. The molecule has 0 aliphatic carbocycles. The fourth-order valence-electron chi connectivity index (χ4n) is 3.24. The van der Waals surface area contributed by atoms with Gasteiger partial charge in [-0.2, -0.15) is 0 Å². The summed E-state index contributed by atoms with van der Waals surface area (Å²) in [5.41, 5.74) is 2.49. The number of amides is 1. The third-order valence-corrected chi connectivity index (χ3v) is 4.47. The Labute approximate surface area is 115 Å². The van der Waals surface area contributed by atoms with Gasteiger partial charge in [-0.15, -0.1) is 0 Å². The number of carbonyl (C=O) groups is 1. The van der Waals surface area contributed by atoms with E-state index in [4.69, 9.17) is 0 Å². The average molecular weight is 258 g/mol. The molecule has 2 aliphatic rings. The van der Waals surface area contributed by atoms with E-state index >= 15 is 0 Å². The summed E-state index contributed by atoms with van der Waals surface area (Å²) in [5, 5.41) is 0. The Hall–Kier alpha value is -1.35. The highest BCUT2D eigenvalue weighted by atomic mass is 16.2. The molecule has 1 aromatic rings. The molecule has 3 rings (SSSR count). The number of hydrogen-bond donors (Lipinski definition) is 0. The van der Waals surface area contributed by atoms with Gasteiger partial charge in [0.15, 0.2) is 0 Å². The molecule has 3 nitrogen and oxygen atoms in total. The standard InChI is InChI=1S/C16H22N2O/c1-2-17-11-9-14(12-17)13-5-7-15(8-6-13)18-10-3-4-16(18)19/h5-8,14H,2-4,9-12H2,1H3. The van der Waals surface area contributed by atoms with Crippen LogP contribution in [0, 0.1) is 0 Å². The molecule has 1 unspecified atom stereocenters. The van der Waals surface area contributed by atoms with Crippen LogP contribution in [0.25, 0.3) is 0 Å². The van der Waals surface area contributed by atoms with Crippen molar-refractivity contribution in [1.29, 1.82) is 0 Å². The van der Waals surface area contributed by atoms with E-state index in [9.17, 15) is 4.79 Å². The first-order chi connectivity index (χ1) is 9.28. The quantitative estimate of drug-likeness (QED) is 0.832. The summed E-state index contributed by atoms with van der Waals surface area (Å²) in [6, 6.07) is 8.66. The average Bonchev–Trinajstić information content (AvgIpc) is 3.07. The van der Waals surface area contributed by atoms with Crippen LogP contribution in [0.4, 0.5) is 5.69 Å². The van der Waals surface area contributed by atoms with Gasteiger partial charge in [-0.1, -0.05) is 19.1 Å². The summed E-state index contributed by atoms with van der Waals surface area (Å²) < 4.78 is 0. The molecule has 2 saturated heterocycles. The maximum absolute atomic E-state index is 11.7. The Bertz CT molecular complexity index is 454. The van der Waals surface area contributed by atoms with Crippen molar-refractivity contribution in [2.45, 2.75) is 32.1 Å². The lowest BCUT2D eigenvalue weighted by Crippen LogP contribution is -2.23. The maximum atomic E-state index is 11.7. The number of nitrogens with zero attached hydrogens (tertiary/aromatic N) is 2. The van der Waals surface area contributed by atoms with Crippen molar-refractivity contribution in [1.82, 2.24) is 4.90 Å². The second-order valence-electron chi connectivity index (χ2n) is 5.62. The first-order valence-electron chi connectivity index (χ1n) is 7.40. The SMILES string of the molecule is CCN1CCC(c2ccc(N3CCCC3=O)cc2)C1. The molecule has 0 spiro atoms. The highest BCUT2D eigenvalue weighted by Gasteiger charge is 2.24. The highest BCUT2D eigenvalue weighted by Crippen LogP contribution is 2.29. The minimum Gasteiger partial charge on any atom is -0.312 e. The predicted octanol–water partition coefficient (Wildman–Crippen LogP) is 2.62. The Kier molecular flexibility index (Phi) is 3.56. The lowest BCUT2D eigenvalue weighted by molar-refractivity contribution is -0.117. The van der Waals surface area contributed by atoms with E-state index in [1.165, 1.54) is 25.1 Å². The van der Waals surface area contributed by atoms with Crippen molar-refractivity contribution in [2.75, 3.05) is 31.1 Å². The van der Waals surface area contributed by atoms with Crippen molar-refractivity contribution >= 4 is 11.6 Å². The van der Waals surface area contributed by atoms with E-state index in [1.807, 2.05) is 4.90 Å². The van der Waals surface area contributed by atoms with Crippen molar-refractivity contribution in [2.24, 2.45) is 0 Å². The Morgan fingerprint density at radius 2 is 2.00 bits per heavy atom. The van der Waals surface area contributed by atoms with Crippen LogP contribution >= 0.6 is 0 Å². The molecule has 0 bridgehead atoms. The lowest BCUT2D eigenvalue weighted by Gasteiger charge is -2.17. The van der Waals surface area contributed by atoms with E-state index in [2.05, 4.69) is 36.1 Å². The molecule has 1 aromatic carbocycles. The summed E-state index contributed by atoms with van der Waals surface area (Å²) >= 11 is 0. The van der Waals surface area contributed by atoms with Crippen molar-refractivity contribution in [3.8, 4) is 0 Å². The zero-order chi connectivity index (χ0) is 13.2. The fraction of sp³-hybridized carbons (Fsp3) is 0.562. The first-order valence-corrected chi connectivity index (χ1v) is 7.40. The van der Waals surface area contributed by atoms with Gasteiger partial charge in [-0.3, -0.25) is 4.79 Å². The van der Waals surface area contributed by atoms with Crippen molar-refractivity contribution < 1.29 is 4.79 Å². The summed E-state index contributed by atoms with van der Waals surface area (Å²) in [4.78, 5) is 16.1. The second kappa shape index (κ2) is 5.33. The Morgan fingerprint density at radius 1 is 1.21 bits per heavy atom. The number of carbonyl (C=O) groups excluding carboxylic acids is 1. The van der Waals surface area contributed by atoms with Crippen LogP contribution in [0.5, 0.6) is 0 Å². The zero-order valence-electron chi connectivity index (χ0n) is 11.6. The number of anilines is 1. The Balaban J connectivity index is 1.71. The zero-order valence-corrected chi connectivity index (χ0v) is 11.6. The van der Waals surface area contributed by atoms with Gasteiger partial charge in [0.05, 0.1) is 0 Å². The normalized spacial score (nSPS) is 24.4. The monoisotopic (exact) mass is 258 g/mol. The van der Waals surface area contributed by atoms with Gasteiger partial charge in [0.2, 0.25) is 5.91 Å². The van der Waals surface area contributed by atoms with Gasteiger partial charge in [-0.05, 0) is 49.5 Å². The molecule has 1 amide bonds. The number of likely N-dealkylation sites (tertiary alicyclic amines) is 1. The molecule has 0 saturated carbocycles. The van der Waals surface area contributed by atoms with Crippen LogP contribution in [-0.4, -0.2) is 37.0 Å².